The minimum atomic E-state index is 0.0788. The van der Waals surface area contributed by atoms with Gasteiger partial charge in [0.15, 0.2) is 0 Å². The molecule has 0 atom stereocenters. The van der Waals surface area contributed by atoms with Crippen LogP contribution in [0.15, 0.2) is 55.0 Å². The van der Waals surface area contributed by atoms with Crippen molar-refractivity contribution in [3.8, 4) is 34.5 Å². The first-order valence-electron chi connectivity index (χ1n) is 13.1. The van der Waals surface area contributed by atoms with Crippen LogP contribution >= 0.6 is 0 Å². The standard InChI is InChI=1S/C23H17N5O2.C7H15N/c1-27-18-8-7-16(9-17(18)10-20(27)29)22-21(15-5-3-14(11-24)4-6-15)26-23(30-2)19-12-25-13-28(19)22;1-2-8-6-4-3-5-7-8/h3-9,12-13H,10H2,1-2H3;2-7H2,1H3. The second-order valence-electron chi connectivity index (χ2n) is 9.62. The van der Waals surface area contributed by atoms with E-state index < -0.39 is 0 Å². The van der Waals surface area contributed by atoms with E-state index in [0.717, 1.165) is 33.6 Å². The Bertz CT molecular complexity index is 1500. The third-order valence-corrected chi connectivity index (χ3v) is 7.34. The number of carbonyl (C=O) groups is 1. The van der Waals surface area contributed by atoms with Gasteiger partial charge in [0.05, 0.1) is 49.1 Å². The smallest absolute Gasteiger partial charge is 0.240 e. The first kappa shape index (κ1) is 25.4. The van der Waals surface area contributed by atoms with Gasteiger partial charge in [-0.1, -0.05) is 31.5 Å². The number of nitrogens with zero attached hydrogens (tertiary/aromatic N) is 6. The summed E-state index contributed by atoms with van der Waals surface area (Å²) in [5.74, 6) is 0.543. The Hall–Kier alpha value is -4.22. The molecule has 0 bridgehead atoms. The fourth-order valence-electron chi connectivity index (χ4n) is 5.18. The van der Waals surface area contributed by atoms with Crippen molar-refractivity contribution >= 4 is 17.1 Å². The number of ether oxygens (including phenoxy) is 1. The molecule has 2 aromatic carbocycles. The highest BCUT2D eigenvalue weighted by Gasteiger charge is 2.26. The molecule has 1 amide bonds. The van der Waals surface area contributed by atoms with Crippen LogP contribution in [0.3, 0.4) is 0 Å². The maximum Gasteiger partial charge on any atom is 0.240 e. The Morgan fingerprint density at radius 1 is 1.05 bits per heavy atom. The third kappa shape index (κ3) is 4.85. The van der Waals surface area contributed by atoms with Crippen molar-refractivity contribution < 1.29 is 9.53 Å². The molecule has 6 rings (SSSR count). The number of rotatable bonds is 4. The van der Waals surface area contributed by atoms with Crippen molar-refractivity contribution in [3.05, 3.63) is 66.1 Å². The van der Waals surface area contributed by atoms with Crippen molar-refractivity contribution in [2.24, 2.45) is 0 Å². The van der Waals surface area contributed by atoms with Crippen LogP contribution < -0.4 is 9.64 Å². The number of hydrogen-bond acceptors (Lipinski definition) is 6. The Morgan fingerprint density at radius 3 is 2.45 bits per heavy atom. The number of hydrogen-bond donors (Lipinski definition) is 0. The molecule has 8 heteroatoms. The molecular formula is C30H32N6O2. The van der Waals surface area contributed by atoms with Crippen molar-refractivity contribution in [2.75, 3.05) is 38.7 Å². The van der Waals surface area contributed by atoms with Crippen LogP contribution in [-0.4, -0.2) is 59.0 Å². The summed E-state index contributed by atoms with van der Waals surface area (Å²) in [5, 5.41) is 9.13. The van der Waals surface area contributed by atoms with Gasteiger partial charge >= 0.3 is 0 Å². The maximum atomic E-state index is 12.1. The van der Waals surface area contributed by atoms with Crippen LogP contribution in [0.2, 0.25) is 0 Å². The van der Waals surface area contributed by atoms with Crippen LogP contribution in [0.1, 0.15) is 37.3 Å². The van der Waals surface area contributed by atoms with E-state index in [4.69, 9.17) is 15.0 Å². The summed E-state index contributed by atoms with van der Waals surface area (Å²) in [6.45, 7) is 6.18. The molecule has 194 valence electrons. The molecule has 0 spiro atoms. The number of likely N-dealkylation sites (N-methyl/N-ethyl adjacent to an activating group) is 1. The van der Waals surface area contributed by atoms with Crippen LogP contribution in [0.5, 0.6) is 5.88 Å². The number of aromatic nitrogens is 3. The number of fused-ring (bicyclic) bond motifs is 2. The van der Waals surface area contributed by atoms with E-state index in [2.05, 4.69) is 22.9 Å². The number of amides is 1. The number of likely N-dealkylation sites (tertiary alicyclic amines) is 1. The third-order valence-electron chi connectivity index (χ3n) is 7.34. The number of anilines is 1. The van der Waals surface area contributed by atoms with Gasteiger partial charge in [-0.05, 0) is 62.3 Å². The molecule has 4 heterocycles. The Balaban J connectivity index is 0.000000316. The van der Waals surface area contributed by atoms with Gasteiger partial charge in [0, 0.05) is 23.9 Å². The van der Waals surface area contributed by atoms with Crippen molar-refractivity contribution in [1.82, 2.24) is 19.3 Å². The summed E-state index contributed by atoms with van der Waals surface area (Å²) in [6, 6.07) is 15.4. The van der Waals surface area contributed by atoms with E-state index in [1.165, 1.54) is 38.9 Å². The van der Waals surface area contributed by atoms with Gasteiger partial charge < -0.3 is 14.5 Å². The SMILES string of the molecule is CCN1CCCCC1.COc1nc(-c2ccc(C#N)cc2)c(-c2ccc3c(c2)CC(=O)N3C)n2cncc12. The monoisotopic (exact) mass is 508 g/mol. The summed E-state index contributed by atoms with van der Waals surface area (Å²) >= 11 is 0. The van der Waals surface area contributed by atoms with Crippen LogP contribution in [-0.2, 0) is 11.2 Å². The molecule has 1 fully saturated rings. The fourth-order valence-corrected chi connectivity index (χ4v) is 5.18. The fraction of sp³-hybridized carbons (Fsp3) is 0.333. The van der Waals surface area contributed by atoms with Gasteiger partial charge in [0.25, 0.3) is 0 Å². The maximum absolute atomic E-state index is 12.1. The molecule has 8 nitrogen and oxygen atoms in total. The Labute approximate surface area is 223 Å². The number of piperidine rings is 1. The highest BCUT2D eigenvalue weighted by Crippen LogP contribution is 2.38. The minimum absolute atomic E-state index is 0.0788. The molecule has 2 aromatic heterocycles. The second kappa shape index (κ2) is 11.0. The van der Waals surface area contributed by atoms with E-state index in [1.54, 1.807) is 43.7 Å². The highest BCUT2D eigenvalue weighted by molar-refractivity contribution is 6.01. The van der Waals surface area contributed by atoms with Crippen molar-refractivity contribution in [2.45, 2.75) is 32.6 Å². The normalized spacial score (nSPS) is 15.1. The van der Waals surface area contributed by atoms with Gasteiger partial charge in [-0.2, -0.15) is 5.26 Å². The lowest BCUT2D eigenvalue weighted by Crippen LogP contribution is -2.29. The Morgan fingerprint density at radius 2 is 1.79 bits per heavy atom. The molecule has 4 aromatic rings. The van der Waals surface area contributed by atoms with E-state index >= 15 is 0 Å². The van der Waals surface area contributed by atoms with Crippen molar-refractivity contribution in [1.29, 1.82) is 5.26 Å². The zero-order valence-corrected chi connectivity index (χ0v) is 22.1. The van der Waals surface area contributed by atoms with Gasteiger partial charge in [-0.25, -0.2) is 9.97 Å². The largest absolute Gasteiger partial charge is 0.479 e. The average molecular weight is 509 g/mol. The molecular weight excluding hydrogens is 476 g/mol. The van der Waals surface area contributed by atoms with Gasteiger partial charge in [-0.3, -0.25) is 9.20 Å². The van der Waals surface area contributed by atoms with Crippen molar-refractivity contribution in [3.63, 3.8) is 0 Å². The number of imidazole rings is 1. The summed E-state index contributed by atoms with van der Waals surface area (Å²) in [7, 11) is 3.37. The molecule has 0 radical (unpaired) electrons. The lowest BCUT2D eigenvalue weighted by atomic mass is 10.00. The van der Waals surface area contributed by atoms with Crippen LogP contribution in [0.4, 0.5) is 5.69 Å². The Kier molecular flexibility index (Phi) is 7.38. The molecule has 0 saturated carbocycles. The molecule has 0 N–H and O–H groups in total. The quantitative estimate of drug-likeness (QED) is 0.388. The molecule has 0 aliphatic carbocycles. The molecule has 1 saturated heterocycles. The summed E-state index contributed by atoms with van der Waals surface area (Å²) in [6.07, 6.45) is 8.12. The first-order chi connectivity index (χ1) is 18.5. The number of carbonyl (C=O) groups excluding carboxylic acids is 1. The zero-order valence-electron chi connectivity index (χ0n) is 22.1. The van der Waals surface area contributed by atoms with Gasteiger partial charge in [0.1, 0.15) is 5.52 Å². The lowest BCUT2D eigenvalue weighted by molar-refractivity contribution is -0.117. The van der Waals surface area contributed by atoms with Crippen LogP contribution in [0.25, 0.3) is 28.0 Å². The van der Waals surface area contributed by atoms with Gasteiger partial charge in [0.2, 0.25) is 11.8 Å². The second-order valence-corrected chi connectivity index (χ2v) is 9.62. The highest BCUT2D eigenvalue weighted by atomic mass is 16.5. The summed E-state index contributed by atoms with van der Waals surface area (Å²) in [4.78, 5) is 25.4. The predicted molar refractivity (Wildman–Crippen MR) is 148 cm³/mol. The summed E-state index contributed by atoms with van der Waals surface area (Å²) in [5.41, 5.74) is 6.56. The number of methoxy groups -OCH3 is 1. The molecule has 2 aliphatic heterocycles. The van der Waals surface area contributed by atoms with E-state index in [-0.39, 0.29) is 5.91 Å². The number of nitriles is 1. The molecule has 38 heavy (non-hydrogen) atoms. The number of benzene rings is 2. The predicted octanol–water partition coefficient (Wildman–Crippen LogP) is 4.95. The van der Waals surface area contributed by atoms with E-state index in [1.807, 2.05) is 34.7 Å². The zero-order chi connectivity index (χ0) is 26.6. The van der Waals surface area contributed by atoms with E-state index in [0.29, 0.717) is 23.6 Å². The topological polar surface area (TPSA) is 86.8 Å². The lowest BCUT2D eigenvalue weighted by Gasteiger charge is -2.24. The minimum Gasteiger partial charge on any atom is -0.479 e. The van der Waals surface area contributed by atoms with E-state index in [9.17, 15) is 4.79 Å². The van der Waals surface area contributed by atoms with Crippen LogP contribution in [0, 0.1) is 11.3 Å². The summed E-state index contributed by atoms with van der Waals surface area (Å²) < 4.78 is 7.46. The molecule has 2 aliphatic rings. The average Bonchev–Trinajstić information content (AvgIpc) is 3.57. The molecule has 0 unspecified atom stereocenters. The first-order valence-corrected chi connectivity index (χ1v) is 13.1. The van der Waals surface area contributed by atoms with Gasteiger partial charge in [-0.15, -0.1) is 0 Å².